The Morgan fingerprint density at radius 2 is 1.73 bits per heavy atom. The standard InChI is InChI=1S/C22H27N2OS/c1-21(2,3)17-10-12-18(13-11-17)22(25)16-23(19-8-5-4-6-9-19)20-24(22)14-7-15-26-20/h4-6,8-13,25H,7,14-16H2,1-3H3/q+1/t22-/m0/s1. The first kappa shape index (κ1) is 17.6. The first-order chi connectivity index (χ1) is 12.4. The molecule has 0 aliphatic carbocycles. The molecule has 1 atom stereocenters. The SMILES string of the molecule is CC(C)(C)c1ccc([C@@]2(O)CN(c3ccccc3)C3=[N+]2CCCS3)cc1. The summed E-state index contributed by atoms with van der Waals surface area (Å²) in [7, 11) is 0. The number of anilines is 1. The molecule has 26 heavy (non-hydrogen) atoms. The summed E-state index contributed by atoms with van der Waals surface area (Å²) in [6.45, 7) is 8.11. The van der Waals surface area contributed by atoms with E-state index in [9.17, 15) is 5.11 Å². The summed E-state index contributed by atoms with van der Waals surface area (Å²) in [5.41, 5.74) is 2.55. The topological polar surface area (TPSA) is 26.5 Å². The van der Waals surface area contributed by atoms with Crippen LogP contribution in [-0.2, 0) is 11.1 Å². The molecule has 0 aromatic heterocycles. The molecule has 0 radical (unpaired) electrons. The normalized spacial score (nSPS) is 23.3. The monoisotopic (exact) mass is 367 g/mol. The van der Waals surface area contributed by atoms with E-state index >= 15 is 0 Å². The molecule has 3 nitrogen and oxygen atoms in total. The molecule has 2 heterocycles. The van der Waals surface area contributed by atoms with Crippen LogP contribution in [0, 0.1) is 0 Å². The summed E-state index contributed by atoms with van der Waals surface area (Å²) in [6.07, 6.45) is 1.10. The van der Waals surface area contributed by atoms with E-state index in [-0.39, 0.29) is 5.41 Å². The van der Waals surface area contributed by atoms with E-state index in [1.165, 1.54) is 10.7 Å². The summed E-state index contributed by atoms with van der Waals surface area (Å²) < 4.78 is 2.19. The average molecular weight is 368 g/mol. The molecule has 0 unspecified atom stereocenters. The number of benzene rings is 2. The Kier molecular flexibility index (Phi) is 4.36. The Morgan fingerprint density at radius 3 is 2.38 bits per heavy atom. The van der Waals surface area contributed by atoms with Gasteiger partial charge in [-0.25, -0.2) is 9.48 Å². The van der Waals surface area contributed by atoms with Gasteiger partial charge in [0, 0.05) is 11.3 Å². The minimum absolute atomic E-state index is 0.116. The van der Waals surface area contributed by atoms with E-state index in [1.807, 2.05) is 17.8 Å². The smallest absolute Gasteiger partial charge is 0.316 e. The van der Waals surface area contributed by atoms with Crippen LogP contribution < -0.4 is 4.90 Å². The zero-order chi connectivity index (χ0) is 18.4. The molecular weight excluding hydrogens is 340 g/mol. The van der Waals surface area contributed by atoms with Crippen molar-refractivity contribution in [2.75, 3.05) is 23.7 Å². The van der Waals surface area contributed by atoms with Gasteiger partial charge in [-0.05, 0) is 41.3 Å². The van der Waals surface area contributed by atoms with Crippen LogP contribution >= 0.6 is 11.8 Å². The maximum absolute atomic E-state index is 11.7. The van der Waals surface area contributed by atoms with Gasteiger partial charge in [0.2, 0.25) is 0 Å². The molecule has 0 spiro atoms. The minimum atomic E-state index is -0.977. The molecule has 2 aromatic rings. The second kappa shape index (κ2) is 6.43. The van der Waals surface area contributed by atoms with Gasteiger partial charge in [-0.3, -0.25) is 0 Å². The Balaban J connectivity index is 1.75. The third kappa shape index (κ3) is 2.95. The van der Waals surface area contributed by atoms with Crippen LogP contribution in [0.25, 0.3) is 0 Å². The first-order valence-corrected chi connectivity index (χ1v) is 10.3. The van der Waals surface area contributed by atoms with Gasteiger partial charge in [0.1, 0.15) is 5.69 Å². The highest BCUT2D eigenvalue weighted by Gasteiger charge is 2.53. The van der Waals surface area contributed by atoms with Crippen molar-refractivity contribution in [1.82, 2.24) is 0 Å². The molecule has 0 fully saturated rings. The zero-order valence-corrected chi connectivity index (χ0v) is 16.6. The Hall–Kier alpha value is -1.78. The van der Waals surface area contributed by atoms with Crippen LogP contribution in [0.3, 0.4) is 0 Å². The third-order valence-corrected chi connectivity index (χ3v) is 6.52. The zero-order valence-electron chi connectivity index (χ0n) is 15.8. The van der Waals surface area contributed by atoms with Crippen molar-refractivity contribution >= 4 is 22.6 Å². The molecule has 0 amide bonds. The van der Waals surface area contributed by atoms with Crippen molar-refractivity contribution in [1.29, 1.82) is 0 Å². The van der Waals surface area contributed by atoms with Gasteiger partial charge in [0.15, 0.2) is 6.54 Å². The molecule has 1 N–H and O–H groups in total. The summed E-state index contributed by atoms with van der Waals surface area (Å²) >= 11 is 1.85. The average Bonchev–Trinajstić information content (AvgIpc) is 2.97. The number of para-hydroxylation sites is 1. The quantitative estimate of drug-likeness (QED) is 0.808. The van der Waals surface area contributed by atoms with Gasteiger partial charge in [-0.15, -0.1) is 0 Å². The van der Waals surface area contributed by atoms with Gasteiger partial charge < -0.3 is 5.11 Å². The van der Waals surface area contributed by atoms with Crippen molar-refractivity contribution in [3.05, 3.63) is 65.7 Å². The summed E-state index contributed by atoms with van der Waals surface area (Å²) in [5.74, 6) is 1.11. The number of amidine groups is 1. The summed E-state index contributed by atoms with van der Waals surface area (Å²) in [6, 6.07) is 18.9. The molecule has 2 aromatic carbocycles. The van der Waals surface area contributed by atoms with Crippen molar-refractivity contribution in [3.8, 4) is 0 Å². The maximum atomic E-state index is 11.7. The highest BCUT2D eigenvalue weighted by atomic mass is 32.2. The van der Waals surface area contributed by atoms with Crippen LogP contribution in [0.15, 0.2) is 54.6 Å². The lowest BCUT2D eigenvalue weighted by Gasteiger charge is -2.26. The highest BCUT2D eigenvalue weighted by Crippen LogP contribution is 2.38. The van der Waals surface area contributed by atoms with Crippen molar-refractivity contribution in [2.45, 2.75) is 38.3 Å². The van der Waals surface area contributed by atoms with Gasteiger partial charge in [-0.2, -0.15) is 0 Å². The maximum Gasteiger partial charge on any atom is 0.316 e. The number of hydrogen-bond donors (Lipinski definition) is 1. The molecule has 4 heteroatoms. The van der Waals surface area contributed by atoms with Gasteiger partial charge in [0.05, 0.1) is 6.54 Å². The fourth-order valence-electron chi connectivity index (χ4n) is 3.79. The lowest BCUT2D eigenvalue weighted by Crippen LogP contribution is -2.41. The molecule has 2 aliphatic heterocycles. The lowest BCUT2D eigenvalue weighted by atomic mass is 9.86. The number of β-amino-alcohol motifs (C(OH)–C–C–N with tert-alkyl or cyclic N) is 1. The van der Waals surface area contributed by atoms with Crippen molar-refractivity contribution in [2.24, 2.45) is 0 Å². The lowest BCUT2D eigenvalue weighted by molar-refractivity contribution is -0.656. The molecule has 2 aliphatic rings. The Morgan fingerprint density at radius 1 is 1.04 bits per heavy atom. The molecular formula is C22H27N2OS+. The van der Waals surface area contributed by atoms with Crippen molar-refractivity contribution in [3.63, 3.8) is 0 Å². The number of nitrogens with zero attached hydrogens (tertiary/aromatic N) is 2. The molecule has 4 rings (SSSR count). The highest BCUT2D eigenvalue weighted by molar-refractivity contribution is 8.13. The molecule has 0 saturated heterocycles. The van der Waals surface area contributed by atoms with Crippen LogP contribution in [0.5, 0.6) is 0 Å². The van der Waals surface area contributed by atoms with E-state index in [0.717, 1.165) is 30.0 Å². The van der Waals surface area contributed by atoms with Crippen LogP contribution in [0.4, 0.5) is 5.69 Å². The predicted molar refractivity (Wildman–Crippen MR) is 110 cm³/mol. The first-order valence-electron chi connectivity index (χ1n) is 9.33. The minimum Gasteiger partial charge on any atom is -0.346 e. The van der Waals surface area contributed by atoms with Crippen LogP contribution in [-0.4, -0.2) is 33.7 Å². The van der Waals surface area contributed by atoms with E-state index in [4.69, 9.17) is 0 Å². The fraction of sp³-hybridized carbons (Fsp3) is 0.409. The van der Waals surface area contributed by atoms with Gasteiger partial charge >= 0.3 is 5.17 Å². The Labute approximate surface area is 160 Å². The predicted octanol–water partition coefficient (Wildman–Crippen LogP) is 4.15. The van der Waals surface area contributed by atoms with Gasteiger partial charge in [-0.1, -0.05) is 63.2 Å². The number of hydrogen-bond acceptors (Lipinski definition) is 3. The Bertz CT molecular complexity index is 823. The second-order valence-corrected chi connectivity index (χ2v) is 9.26. The van der Waals surface area contributed by atoms with E-state index in [2.05, 4.69) is 78.8 Å². The number of rotatable bonds is 2. The van der Waals surface area contributed by atoms with E-state index in [1.54, 1.807) is 0 Å². The van der Waals surface area contributed by atoms with Crippen LogP contribution in [0.2, 0.25) is 0 Å². The molecule has 0 saturated carbocycles. The second-order valence-electron chi connectivity index (χ2n) is 8.20. The molecule has 0 bridgehead atoms. The summed E-state index contributed by atoms with van der Waals surface area (Å²) in [5, 5.41) is 12.9. The van der Waals surface area contributed by atoms with Crippen LogP contribution in [0.1, 0.15) is 38.3 Å². The number of thioether (sulfide) groups is 1. The largest absolute Gasteiger partial charge is 0.346 e. The molecule has 136 valence electrons. The van der Waals surface area contributed by atoms with E-state index in [0.29, 0.717) is 6.54 Å². The fourth-order valence-corrected chi connectivity index (χ4v) is 4.97. The third-order valence-electron chi connectivity index (χ3n) is 5.33. The van der Waals surface area contributed by atoms with Crippen molar-refractivity contribution < 1.29 is 9.68 Å². The summed E-state index contributed by atoms with van der Waals surface area (Å²) in [4.78, 5) is 2.27. The number of aliphatic hydroxyl groups is 1. The van der Waals surface area contributed by atoms with E-state index < -0.39 is 5.72 Å². The van der Waals surface area contributed by atoms with Gasteiger partial charge in [0.25, 0.3) is 5.72 Å².